The van der Waals surface area contributed by atoms with Crippen molar-refractivity contribution in [3.05, 3.63) is 65.2 Å². The van der Waals surface area contributed by atoms with Gasteiger partial charge in [0.1, 0.15) is 6.10 Å². The van der Waals surface area contributed by atoms with Crippen LogP contribution in [-0.4, -0.2) is 30.1 Å². The second-order valence-corrected chi connectivity index (χ2v) is 6.56. The summed E-state index contributed by atoms with van der Waals surface area (Å²) in [6.07, 6.45) is -0.0751. The zero-order valence-corrected chi connectivity index (χ0v) is 14.5. The molecule has 2 amide bonds. The predicted octanol–water partition coefficient (Wildman–Crippen LogP) is 4.30. The first kappa shape index (κ1) is 16.5. The van der Waals surface area contributed by atoms with Gasteiger partial charge >= 0.3 is 6.03 Å². The first-order valence-electron chi connectivity index (χ1n) is 8.36. The maximum absolute atomic E-state index is 12.7. The van der Waals surface area contributed by atoms with Crippen molar-refractivity contribution < 1.29 is 9.53 Å². The lowest BCUT2D eigenvalue weighted by Gasteiger charge is -2.37. The molecule has 1 saturated heterocycles. The number of carbonyl (C=O) groups excluding carboxylic acids is 1. The molecule has 2 atom stereocenters. The van der Waals surface area contributed by atoms with Crippen LogP contribution in [0, 0.1) is 13.8 Å². The highest BCUT2D eigenvalue weighted by Crippen LogP contribution is 2.25. The molecular weight excluding hydrogens is 300 g/mol. The summed E-state index contributed by atoms with van der Waals surface area (Å²) in [7, 11) is 0. The molecule has 24 heavy (non-hydrogen) atoms. The Bertz CT molecular complexity index is 695. The lowest BCUT2D eigenvalue weighted by Crippen LogP contribution is -2.47. The number of urea groups is 1. The quantitative estimate of drug-likeness (QED) is 0.895. The fraction of sp³-hybridized carbons (Fsp3) is 0.350. The van der Waals surface area contributed by atoms with Crippen molar-refractivity contribution in [2.45, 2.75) is 33.0 Å². The molecule has 1 fully saturated rings. The van der Waals surface area contributed by atoms with Crippen molar-refractivity contribution in [2.75, 3.05) is 18.4 Å². The summed E-state index contributed by atoms with van der Waals surface area (Å²) in [6, 6.07) is 16.1. The first-order chi connectivity index (χ1) is 11.5. The summed E-state index contributed by atoms with van der Waals surface area (Å²) in [5, 5.41) is 3.02. The second-order valence-electron chi connectivity index (χ2n) is 6.56. The van der Waals surface area contributed by atoms with E-state index < -0.39 is 0 Å². The largest absolute Gasteiger partial charge is 0.367 e. The van der Waals surface area contributed by atoms with E-state index in [1.807, 2.05) is 68.1 Å². The summed E-state index contributed by atoms with van der Waals surface area (Å²) in [5.41, 5.74) is 4.23. The second kappa shape index (κ2) is 7.05. The first-order valence-corrected chi connectivity index (χ1v) is 8.36. The zero-order chi connectivity index (χ0) is 17.1. The van der Waals surface area contributed by atoms with E-state index in [4.69, 9.17) is 4.74 Å². The Morgan fingerprint density at radius 2 is 1.75 bits per heavy atom. The van der Waals surface area contributed by atoms with Crippen LogP contribution < -0.4 is 5.32 Å². The van der Waals surface area contributed by atoms with Crippen LogP contribution in [0.3, 0.4) is 0 Å². The van der Waals surface area contributed by atoms with E-state index in [-0.39, 0.29) is 18.2 Å². The minimum Gasteiger partial charge on any atom is -0.367 e. The number of benzene rings is 2. The molecule has 2 aromatic rings. The SMILES string of the molecule is Cc1cc(C)cc(NC(=O)N2CC(C)OC(c3ccccc3)C2)c1. The molecule has 0 spiro atoms. The zero-order valence-electron chi connectivity index (χ0n) is 14.5. The fourth-order valence-electron chi connectivity index (χ4n) is 3.22. The molecule has 3 rings (SSSR count). The third-order valence-corrected chi connectivity index (χ3v) is 4.19. The Kier molecular flexibility index (Phi) is 4.86. The Morgan fingerprint density at radius 3 is 2.42 bits per heavy atom. The van der Waals surface area contributed by atoms with E-state index in [9.17, 15) is 4.79 Å². The van der Waals surface area contributed by atoms with Gasteiger partial charge < -0.3 is 15.0 Å². The molecule has 1 aliphatic heterocycles. The fourth-order valence-corrected chi connectivity index (χ4v) is 3.22. The Morgan fingerprint density at radius 1 is 1.08 bits per heavy atom. The van der Waals surface area contributed by atoms with E-state index in [1.165, 1.54) is 0 Å². The van der Waals surface area contributed by atoms with Gasteiger partial charge in [0.15, 0.2) is 0 Å². The molecule has 0 aromatic heterocycles. The molecule has 2 aromatic carbocycles. The molecule has 1 heterocycles. The van der Waals surface area contributed by atoms with Gasteiger partial charge in [-0.25, -0.2) is 4.79 Å². The molecule has 0 radical (unpaired) electrons. The van der Waals surface area contributed by atoms with Crippen LogP contribution in [0.1, 0.15) is 29.7 Å². The van der Waals surface area contributed by atoms with Gasteiger partial charge in [0.05, 0.1) is 12.6 Å². The normalized spacial score (nSPS) is 20.7. The highest BCUT2D eigenvalue weighted by Gasteiger charge is 2.29. The maximum atomic E-state index is 12.7. The van der Waals surface area contributed by atoms with Crippen molar-refractivity contribution in [1.29, 1.82) is 0 Å². The van der Waals surface area contributed by atoms with Crippen molar-refractivity contribution in [2.24, 2.45) is 0 Å². The van der Waals surface area contributed by atoms with Crippen LogP contribution in [0.5, 0.6) is 0 Å². The molecule has 0 bridgehead atoms. The Hall–Kier alpha value is -2.33. The van der Waals surface area contributed by atoms with Crippen LogP contribution in [-0.2, 0) is 4.74 Å². The number of rotatable bonds is 2. The highest BCUT2D eigenvalue weighted by molar-refractivity contribution is 5.89. The van der Waals surface area contributed by atoms with E-state index in [1.54, 1.807) is 0 Å². The van der Waals surface area contributed by atoms with E-state index in [0.717, 1.165) is 22.4 Å². The van der Waals surface area contributed by atoms with Gasteiger partial charge in [-0.3, -0.25) is 0 Å². The summed E-state index contributed by atoms with van der Waals surface area (Å²) < 4.78 is 6.02. The molecule has 0 saturated carbocycles. The number of ether oxygens (including phenoxy) is 1. The topological polar surface area (TPSA) is 41.6 Å². The van der Waals surface area contributed by atoms with Crippen molar-refractivity contribution in [3.63, 3.8) is 0 Å². The minimum atomic E-state index is -0.0834. The third kappa shape index (κ3) is 3.95. The average molecular weight is 324 g/mol. The average Bonchev–Trinajstić information content (AvgIpc) is 2.54. The van der Waals surface area contributed by atoms with Crippen molar-refractivity contribution >= 4 is 11.7 Å². The molecule has 126 valence electrons. The Balaban J connectivity index is 1.72. The number of anilines is 1. The number of carbonyl (C=O) groups is 1. The number of hydrogen-bond donors (Lipinski definition) is 1. The van der Waals surface area contributed by atoms with Gasteiger partial charge in [-0.1, -0.05) is 36.4 Å². The van der Waals surface area contributed by atoms with Gasteiger partial charge in [0.25, 0.3) is 0 Å². The molecular formula is C20H24N2O2. The van der Waals surface area contributed by atoms with Gasteiger partial charge in [0.2, 0.25) is 0 Å². The molecule has 1 aliphatic rings. The van der Waals surface area contributed by atoms with Crippen LogP contribution in [0.4, 0.5) is 10.5 Å². The number of nitrogens with one attached hydrogen (secondary N) is 1. The van der Waals surface area contributed by atoms with Crippen LogP contribution in [0.15, 0.2) is 48.5 Å². The molecule has 1 N–H and O–H groups in total. The predicted molar refractivity (Wildman–Crippen MR) is 96.2 cm³/mol. The summed E-state index contributed by atoms with van der Waals surface area (Å²) >= 11 is 0. The summed E-state index contributed by atoms with van der Waals surface area (Å²) in [4.78, 5) is 14.5. The van der Waals surface area contributed by atoms with E-state index in [2.05, 4.69) is 11.4 Å². The third-order valence-electron chi connectivity index (χ3n) is 4.19. The standard InChI is InChI=1S/C20H24N2O2/c1-14-9-15(2)11-18(10-14)21-20(23)22-12-16(3)24-19(13-22)17-7-5-4-6-8-17/h4-11,16,19H,12-13H2,1-3H3,(H,21,23). The van der Waals surface area contributed by atoms with Gasteiger partial charge in [-0.2, -0.15) is 0 Å². The highest BCUT2D eigenvalue weighted by atomic mass is 16.5. The van der Waals surface area contributed by atoms with Gasteiger partial charge in [-0.15, -0.1) is 0 Å². The maximum Gasteiger partial charge on any atom is 0.322 e. The number of morpholine rings is 1. The van der Waals surface area contributed by atoms with Gasteiger partial charge in [0, 0.05) is 12.2 Å². The molecule has 4 nitrogen and oxygen atoms in total. The van der Waals surface area contributed by atoms with Crippen LogP contribution >= 0.6 is 0 Å². The van der Waals surface area contributed by atoms with E-state index in [0.29, 0.717) is 13.1 Å². The molecule has 2 unspecified atom stereocenters. The van der Waals surface area contributed by atoms with Crippen molar-refractivity contribution in [1.82, 2.24) is 4.90 Å². The minimum absolute atomic E-state index is 0.00829. The van der Waals surface area contributed by atoms with Crippen LogP contribution in [0.2, 0.25) is 0 Å². The molecule has 0 aliphatic carbocycles. The number of hydrogen-bond acceptors (Lipinski definition) is 2. The Labute approximate surface area is 143 Å². The summed E-state index contributed by atoms with van der Waals surface area (Å²) in [5.74, 6) is 0. The van der Waals surface area contributed by atoms with Gasteiger partial charge in [-0.05, 0) is 49.6 Å². The van der Waals surface area contributed by atoms with E-state index >= 15 is 0 Å². The smallest absolute Gasteiger partial charge is 0.322 e. The number of amides is 2. The monoisotopic (exact) mass is 324 g/mol. The summed E-state index contributed by atoms with van der Waals surface area (Å²) in [6.45, 7) is 7.23. The van der Waals surface area contributed by atoms with Crippen LogP contribution in [0.25, 0.3) is 0 Å². The number of aryl methyl sites for hydroxylation is 2. The molecule has 4 heteroatoms. The number of nitrogens with zero attached hydrogens (tertiary/aromatic N) is 1. The van der Waals surface area contributed by atoms with Crippen molar-refractivity contribution in [3.8, 4) is 0 Å². The lowest BCUT2D eigenvalue weighted by molar-refractivity contribution is -0.0642. The lowest BCUT2D eigenvalue weighted by atomic mass is 10.1.